The van der Waals surface area contributed by atoms with E-state index in [9.17, 15) is 9.59 Å². The fourth-order valence-electron chi connectivity index (χ4n) is 6.36. The van der Waals surface area contributed by atoms with E-state index in [2.05, 4.69) is 24.3 Å². The molecule has 0 spiro atoms. The van der Waals surface area contributed by atoms with Crippen molar-refractivity contribution in [1.29, 1.82) is 0 Å². The maximum absolute atomic E-state index is 13.3. The lowest BCUT2D eigenvalue weighted by molar-refractivity contribution is -0.124. The monoisotopic (exact) mass is 433 g/mol. The van der Waals surface area contributed by atoms with Gasteiger partial charge in [0.25, 0.3) is 0 Å². The molecule has 2 bridgehead atoms. The van der Waals surface area contributed by atoms with E-state index in [1.165, 1.54) is 11.3 Å². The SMILES string of the molecule is O=C1[C@@H]2[C@H]3C=C[C@@H]([C@@H]4C[C@@H]34)[C@H]2C(=O)N1c1ccc(Oc2ccc(-c3ccccc3)cc2)cc1. The zero-order chi connectivity index (χ0) is 22.1. The summed E-state index contributed by atoms with van der Waals surface area (Å²) in [4.78, 5) is 28.0. The molecule has 4 aliphatic carbocycles. The Morgan fingerprint density at radius 1 is 0.636 bits per heavy atom. The van der Waals surface area contributed by atoms with Gasteiger partial charge >= 0.3 is 0 Å². The van der Waals surface area contributed by atoms with Gasteiger partial charge in [-0.25, -0.2) is 0 Å². The van der Waals surface area contributed by atoms with Gasteiger partial charge in [-0.05, 0) is 77.6 Å². The minimum absolute atomic E-state index is 0.0279. The van der Waals surface area contributed by atoms with Gasteiger partial charge in [0.05, 0.1) is 17.5 Å². The first kappa shape index (κ1) is 18.9. The molecule has 1 saturated heterocycles. The summed E-state index contributed by atoms with van der Waals surface area (Å²) in [5, 5.41) is 0. The number of ether oxygens (including phenoxy) is 1. The summed E-state index contributed by atoms with van der Waals surface area (Å²) in [6, 6.07) is 25.5. The van der Waals surface area contributed by atoms with E-state index in [0.717, 1.165) is 16.9 Å². The van der Waals surface area contributed by atoms with Crippen LogP contribution >= 0.6 is 0 Å². The van der Waals surface area contributed by atoms with Crippen LogP contribution in [0.2, 0.25) is 0 Å². The quantitative estimate of drug-likeness (QED) is 0.391. The van der Waals surface area contributed by atoms with Gasteiger partial charge in [0, 0.05) is 0 Å². The average molecular weight is 434 g/mol. The Balaban J connectivity index is 1.09. The Labute approximate surface area is 192 Å². The van der Waals surface area contributed by atoms with Crippen molar-refractivity contribution in [2.24, 2.45) is 35.5 Å². The Morgan fingerprint density at radius 2 is 1.15 bits per heavy atom. The molecule has 2 amide bonds. The summed E-state index contributed by atoms with van der Waals surface area (Å²) in [7, 11) is 0. The second-order valence-electron chi connectivity index (χ2n) is 9.65. The van der Waals surface area contributed by atoms with E-state index >= 15 is 0 Å². The molecule has 0 unspecified atom stereocenters. The smallest absolute Gasteiger partial charge is 0.238 e. The van der Waals surface area contributed by atoms with Gasteiger partial charge in [-0.3, -0.25) is 14.5 Å². The number of hydrogen-bond donors (Lipinski definition) is 0. The first-order chi connectivity index (χ1) is 16.2. The number of rotatable bonds is 4. The van der Waals surface area contributed by atoms with E-state index in [-0.39, 0.29) is 35.5 Å². The Morgan fingerprint density at radius 3 is 1.73 bits per heavy atom. The highest BCUT2D eigenvalue weighted by atomic mass is 16.5. The number of benzene rings is 3. The van der Waals surface area contributed by atoms with Gasteiger partial charge in [-0.15, -0.1) is 0 Å². The van der Waals surface area contributed by atoms with Crippen molar-refractivity contribution in [1.82, 2.24) is 0 Å². The molecule has 33 heavy (non-hydrogen) atoms. The van der Waals surface area contributed by atoms with Crippen molar-refractivity contribution in [3.8, 4) is 22.6 Å². The first-order valence-electron chi connectivity index (χ1n) is 11.7. The molecule has 5 aliphatic rings. The fourth-order valence-corrected chi connectivity index (χ4v) is 6.36. The highest BCUT2D eigenvalue weighted by molar-refractivity contribution is 6.22. The fraction of sp³-hybridized carbons (Fsp3) is 0.241. The van der Waals surface area contributed by atoms with Crippen LogP contribution in [0.3, 0.4) is 0 Å². The summed E-state index contributed by atoms with van der Waals surface area (Å²) >= 11 is 0. The van der Waals surface area contributed by atoms with Gasteiger partial charge in [-0.1, -0.05) is 54.6 Å². The molecule has 3 aromatic carbocycles. The summed E-state index contributed by atoms with van der Waals surface area (Å²) < 4.78 is 6.00. The molecule has 2 saturated carbocycles. The molecule has 1 heterocycles. The molecule has 8 rings (SSSR count). The number of amides is 2. The Hall–Kier alpha value is -3.66. The van der Waals surface area contributed by atoms with Crippen LogP contribution in [0.4, 0.5) is 5.69 Å². The Bertz CT molecular complexity index is 1240. The molecule has 4 heteroatoms. The van der Waals surface area contributed by atoms with Gasteiger partial charge in [-0.2, -0.15) is 0 Å². The average Bonchev–Trinajstić information content (AvgIpc) is 3.64. The van der Waals surface area contributed by atoms with E-state index in [0.29, 0.717) is 23.3 Å². The summed E-state index contributed by atoms with van der Waals surface area (Å²) in [6.45, 7) is 0. The lowest BCUT2D eigenvalue weighted by Crippen LogP contribution is -2.40. The highest BCUT2D eigenvalue weighted by Gasteiger charge is 2.67. The van der Waals surface area contributed by atoms with Crippen molar-refractivity contribution < 1.29 is 14.3 Å². The summed E-state index contributed by atoms with van der Waals surface area (Å²) in [5.41, 5.74) is 2.93. The van der Waals surface area contributed by atoms with Crippen LogP contribution in [-0.2, 0) is 9.59 Å². The van der Waals surface area contributed by atoms with Crippen LogP contribution in [0, 0.1) is 35.5 Å². The number of anilines is 1. The van der Waals surface area contributed by atoms with Crippen molar-refractivity contribution in [2.75, 3.05) is 4.90 Å². The molecule has 3 fully saturated rings. The lowest BCUT2D eigenvalue weighted by Gasteiger charge is -2.37. The van der Waals surface area contributed by atoms with E-state index in [1.807, 2.05) is 66.7 Å². The Kier molecular flexibility index (Phi) is 3.95. The largest absolute Gasteiger partial charge is 0.457 e. The van der Waals surface area contributed by atoms with E-state index in [1.54, 1.807) is 0 Å². The lowest BCUT2D eigenvalue weighted by atomic mass is 9.63. The third kappa shape index (κ3) is 2.83. The normalized spacial score (nSPS) is 30.8. The van der Waals surface area contributed by atoms with Gasteiger partial charge < -0.3 is 4.74 Å². The van der Waals surface area contributed by atoms with Crippen molar-refractivity contribution in [3.63, 3.8) is 0 Å². The molecular formula is C29H23NO3. The molecule has 3 aromatic rings. The van der Waals surface area contributed by atoms with Crippen LogP contribution in [0.15, 0.2) is 91.0 Å². The molecule has 162 valence electrons. The molecule has 1 aliphatic heterocycles. The van der Waals surface area contributed by atoms with E-state index in [4.69, 9.17) is 4.74 Å². The second-order valence-corrected chi connectivity index (χ2v) is 9.65. The first-order valence-corrected chi connectivity index (χ1v) is 11.7. The molecule has 6 atom stereocenters. The van der Waals surface area contributed by atoms with Crippen molar-refractivity contribution >= 4 is 17.5 Å². The van der Waals surface area contributed by atoms with Crippen molar-refractivity contribution in [2.45, 2.75) is 6.42 Å². The molecule has 0 N–H and O–H groups in total. The molecule has 0 radical (unpaired) electrons. The van der Waals surface area contributed by atoms with Gasteiger partial charge in [0.15, 0.2) is 0 Å². The topological polar surface area (TPSA) is 46.6 Å². The third-order valence-corrected chi connectivity index (χ3v) is 7.95. The number of hydrogen-bond acceptors (Lipinski definition) is 3. The predicted octanol–water partition coefficient (Wildman–Crippen LogP) is 5.70. The maximum atomic E-state index is 13.3. The molecule has 0 aromatic heterocycles. The number of allylic oxidation sites excluding steroid dienone is 2. The maximum Gasteiger partial charge on any atom is 0.238 e. The van der Waals surface area contributed by atoms with E-state index < -0.39 is 0 Å². The van der Waals surface area contributed by atoms with Crippen LogP contribution in [0.5, 0.6) is 11.5 Å². The minimum atomic E-state index is -0.171. The predicted molar refractivity (Wildman–Crippen MR) is 126 cm³/mol. The van der Waals surface area contributed by atoms with Crippen LogP contribution in [0.25, 0.3) is 11.1 Å². The number of carbonyl (C=O) groups excluding carboxylic acids is 2. The number of carbonyl (C=O) groups is 2. The highest BCUT2D eigenvalue weighted by Crippen LogP contribution is 2.65. The molecule has 4 nitrogen and oxygen atoms in total. The second kappa shape index (κ2) is 6.92. The van der Waals surface area contributed by atoms with Crippen LogP contribution in [-0.4, -0.2) is 11.8 Å². The van der Waals surface area contributed by atoms with Crippen LogP contribution in [0.1, 0.15) is 6.42 Å². The zero-order valence-corrected chi connectivity index (χ0v) is 18.0. The number of imide groups is 1. The van der Waals surface area contributed by atoms with Gasteiger partial charge in [0.2, 0.25) is 11.8 Å². The van der Waals surface area contributed by atoms with Crippen molar-refractivity contribution in [3.05, 3.63) is 91.0 Å². The van der Waals surface area contributed by atoms with Crippen LogP contribution < -0.4 is 9.64 Å². The summed E-state index contributed by atoms with van der Waals surface area (Å²) in [6.07, 6.45) is 5.58. The summed E-state index contributed by atoms with van der Waals surface area (Å²) in [5.74, 6) is 2.73. The molecular weight excluding hydrogens is 410 g/mol. The third-order valence-electron chi connectivity index (χ3n) is 7.95. The standard InChI is InChI=1S/C29H23NO3/c31-28-26-22-14-15-23(25-16-24(22)25)27(26)29(32)30(28)19-8-12-21(13-9-19)33-20-10-6-18(7-11-20)17-4-2-1-3-5-17/h1-15,22-27H,16H2/t22-,23-,24-,25-,26+,27+/m0/s1. The minimum Gasteiger partial charge on any atom is -0.457 e. The zero-order valence-electron chi connectivity index (χ0n) is 18.0. The number of nitrogens with zero attached hydrogens (tertiary/aromatic N) is 1. The van der Waals surface area contributed by atoms with Gasteiger partial charge in [0.1, 0.15) is 11.5 Å².